The molecule has 1 amide bonds. The van der Waals surface area contributed by atoms with Gasteiger partial charge < -0.3 is 5.73 Å². The largest absolute Gasteiger partial charge is 0.366 e. The number of carbonyl (C=O) groups is 2. The first-order valence-electron chi connectivity index (χ1n) is 3.75. The Balaban J connectivity index is 3.40. The van der Waals surface area contributed by atoms with Crippen molar-refractivity contribution in [2.45, 2.75) is 0 Å². The SMILES string of the molecule is NC(=O)c1ccc([N+](=O)[O-])c(C(=O)S)c1. The highest BCUT2D eigenvalue weighted by Gasteiger charge is 2.19. The van der Waals surface area contributed by atoms with E-state index in [4.69, 9.17) is 5.73 Å². The van der Waals surface area contributed by atoms with Crippen molar-refractivity contribution in [3.8, 4) is 0 Å². The molecule has 0 fully saturated rings. The molecule has 0 heterocycles. The number of nitro benzene ring substituents is 1. The van der Waals surface area contributed by atoms with Crippen molar-refractivity contribution in [1.29, 1.82) is 0 Å². The Hall–Kier alpha value is -1.89. The van der Waals surface area contributed by atoms with E-state index in [1.807, 2.05) is 0 Å². The van der Waals surface area contributed by atoms with E-state index < -0.39 is 21.6 Å². The lowest BCUT2D eigenvalue weighted by Crippen LogP contribution is -2.12. The minimum absolute atomic E-state index is 0.0259. The maximum absolute atomic E-state index is 11.0. The molecule has 0 saturated carbocycles. The van der Waals surface area contributed by atoms with Crippen LogP contribution < -0.4 is 5.73 Å². The molecule has 1 aromatic carbocycles. The predicted molar refractivity (Wildman–Crippen MR) is 54.9 cm³/mol. The second-order valence-corrected chi connectivity index (χ2v) is 3.06. The zero-order chi connectivity index (χ0) is 11.6. The average Bonchev–Trinajstić information content (AvgIpc) is 2.16. The summed E-state index contributed by atoms with van der Waals surface area (Å²) < 4.78 is 0. The molecule has 78 valence electrons. The number of hydrogen-bond donors (Lipinski definition) is 2. The number of nitro groups is 1. The van der Waals surface area contributed by atoms with Gasteiger partial charge in [0.25, 0.3) is 5.69 Å². The van der Waals surface area contributed by atoms with Gasteiger partial charge in [0.05, 0.1) is 4.92 Å². The molecule has 15 heavy (non-hydrogen) atoms. The van der Waals surface area contributed by atoms with Gasteiger partial charge in [0, 0.05) is 11.6 Å². The highest BCUT2D eigenvalue weighted by molar-refractivity contribution is 7.97. The van der Waals surface area contributed by atoms with Crippen LogP contribution in [0.25, 0.3) is 0 Å². The third-order valence-electron chi connectivity index (χ3n) is 1.71. The maximum atomic E-state index is 11.0. The van der Waals surface area contributed by atoms with E-state index in [0.717, 1.165) is 12.1 Å². The molecule has 7 heteroatoms. The third-order valence-corrected chi connectivity index (χ3v) is 1.95. The first kappa shape index (κ1) is 11.2. The fourth-order valence-electron chi connectivity index (χ4n) is 1.02. The first-order valence-corrected chi connectivity index (χ1v) is 4.19. The number of nitrogens with two attached hydrogens (primary N) is 1. The molecular weight excluding hydrogens is 220 g/mol. The van der Waals surface area contributed by atoms with Gasteiger partial charge in [-0.15, -0.1) is 12.6 Å². The fourth-order valence-corrected chi connectivity index (χ4v) is 1.20. The molecule has 0 unspecified atom stereocenters. The quantitative estimate of drug-likeness (QED) is 0.451. The second-order valence-electron chi connectivity index (χ2n) is 2.66. The van der Waals surface area contributed by atoms with Gasteiger partial charge in [0.15, 0.2) is 0 Å². The van der Waals surface area contributed by atoms with Crippen molar-refractivity contribution >= 4 is 29.3 Å². The Labute approximate surface area is 89.6 Å². The Morgan fingerprint density at radius 3 is 2.40 bits per heavy atom. The zero-order valence-electron chi connectivity index (χ0n) is 7.34. The number of thiol groups is 1. The molecule has 0 bridgehead atoms. The Morgan fingerprint density at radius 1 is 1.40 bits per heavy atom. The summed E-state index contributed by atoms with van der Waals surface area (Å²) in [4.78, 5) is 31.5. The van der Waals surface area contributed by atoms with Crippen LogP contribution in [0, 0.1) is 10.1 Å². The summed E-state index contributed by atoms with van der Waals surface area (Å²) in [5.41, 5.74) is 4.34. The van der Waals surface area contributed by atoms with Crippen LogP contribution in [0.5, 0.6) is 0 Å². The Bertz CT molecular complexity index is 458. The Kier molecular flexibility index (Phi) is 3.05. The molecule has 0 aliphatic heterocycles. The third kappa shape index (κ3) is 2.32. The lowest BCUT2D eigenvalue weighted by molar-refractivity contribution is -0.385. The number of amides is 1. The average molecular weight is 226 g/mol. The number of hydrogen-bond acceptors (Lipinski definition) is 4. The Morgan fingerprint density at radius 2 is 2.00 bits per heavy atom. The monoisotopic (exact) mass is 226 g/mol. The lowest BCUT2D eigenvalue weighted by Gasteiger charge is -2.00. The second kappa shape index (κ2) is 4.09. The first-order chi connectivity index (χ1) is 6.93. The van der Waals surface area contributed by atoms with Crippen LogP contribution in [0.4, 0.5) is 5.69 Å². The van der Waals surface area contributed by atoms with Gasteiger partial charge in [-0.25, -0.2) is 0 Å². The van der Waals surface area contributed by atoms with Crippen LogP contribution in [0.1, 0.15) is 20.7 Å². The molecule has 0 radical (unpaired) electrons. The fraction of sp³-hybridized carbons (Fsp3) is 0. The number of benzene rings is 1. The summed E-state index contributed by atoms with van der Waals surface area (Å²) in [6.07, 6.45) is 0. The van der Waals surface area contributed by atoms with E-state index in [1.165, 1.54) is 6.07 Å². The van der Waals surface area contributed by atoms with Gasteiger partial charge in [-0.2, -0.15) is 0 Å². The number of primary amides is 1. The summed E-state index contributed by atoms with van der Waals surface area (Å²) in [6.45, 7) is 0. The molecule has 0 saturated heterocycles. The molecule has 0 aliphatic rings. The lowest BCUT2D eigenvalue weighted by atomic mass is 10.1. The number of nitrogens with zero attached hydrogens (tertiary/aromatic N) is 1. The maximum Gasteiger partial charge on any atom is 0.281 e. The molecule has 0 aliphatic carbocycles. The van der Waals surface area contributed by atoms with Gasteiger partial charge in [0.2, 0.25) is 11.0 Å². The molecule has 2 N–H and O–H groups in total. The van der Waals surface area contributed by atoms with Crippen LogP contribution in [0.2, 0.25) is 0 Å². The van der Waals surface area contributed by atoms with Gasteiger partial charge in [-0.1, -0.05) is 0 Å². The van der Waals surface area contributed by atoms with Crippen molar-refractivity contribution in [3.05, 3.63) is 39.4 Å². The van der Waals surface area contributed by atoms with Crippen LogP contribution in [-0.4, -0.2) is 15.9 Å². The molecular formula is C8H6N2O4S. The molecule has 1 aromatic rings. The normalized spacial score (nSPS) is 9.67. The van der Waals surface area contributed by atoms with Crippen molar-refractivity contribution in [2.24, 2.45) is 5.73 Å². The smallest absolute Gasteiger partial charge is 0.281 e. The van der Waals surface area contributed by atoms with Gasteiger partial charge in [0.1, 0.15) is 5.56 Å². The molecule has 0 spiro atoms. The minimum atomic E-state index is -0.787. The highest BCUT2D eigenvalue weighted by Crippen LogP contribution is 2.21. The van der Waals surface area contributed by atoms with Crippen molar-refractivity contribution in [2.75, 3.05) is 0 Å². The van der Waals surface area contributed by atoms with E-state index in [2.05, 4.69) is 12.6 Å². The molecule has 1 rings (SSSR count). The predicted octanol–water partition coefficient (Wildman–Crippen LogP) is 0.764. The van der Waals surface area contributed by atoms with Crippen LogP contribution in [-0.2, 0) is 0 Å². The van der Waals surface area contributed by atoms with E-state index in [1.54, 1.807) is 0 Å². The van der Waals surface area contributed by atoms with E-state index in [9.17, 15) is 19.7 Å². The topological polar surface area (TPSA) is 103 Å². The molecule has 0 atom stereocenters. The van der Waals surface area contributed by atoms with Crippen molar-refractivity contribution in [3.63, 3.8) is 0 Å². The number of carbonyl (C=O) groups excluding carboxylic acids is 2. The summed E-state index contributed by atoms with van der Waals surface area (Å²) in [6, 6.07) is 3.28. The highest BCUT2D eigenvalue weighted by atomic mass is 32.1. The van der Waals surface area contributed by atoms with E-state index in [-0.39, 0.29) is 11.1 Å². The van der Waals surface area contributed by atoms with Crippen LogP contribution >= 0.6 is 12.6 Å². The molecule has 0 aromatic heterocycles. The summed E-state index contributed by atoms with van der Waals surface area (Å²) in [5, 5.41) is 9.72. The van der Waals surface area contributed by atoms with Crippen LogP contribution in [0.15, 0.2) is 18.2 Å². The number of rotatable bonds is 3. The van der Waals surface area contributed by atoms with E-state index >= 15 is 0 Å². The van der Waals surface area contributed by atoms with Crippen LogP contribution in [0.3, 0.4) is 0 Å². The summed E-state index contributed by atoms with van der Waals surface area (Å²) in [7, 11) is 0. The zero-order valence-corrected chi connectivity index (χ0v) is 8.23. The summed E-state index contributed by atoms with van der Waals surface area (Å²) >= 11 is 3.47. The van der Waals surface area contributed by atoms with Crippen molar-refractivity contribution in [1.82, 2.24) is 0 Å². The molecule has 6 nitrogen and oxygen atoms in total. The van der Waals surface area contributed by atoms with Gasteiger partial charge >= 0.3 is 0 Å². The standard InChI is InChI=1S/C8H6N2O4S/c9-7(11)4-1-2-6(10(13)14)5(3-4)8(12)15/h1-3H,(H2,9,11)(H,12,15). The summed E-state index contributed by atoms with van der Waals surface area (Å²) in [5.74, 6) is -0.763. The van der Waals surface area contributed by atoms with Crippen molar-refractivity contribution < 1.29 is 14.5 Å². The van der Waals surface area contributed by atoms with E-state index in [0.29, 0.717) is 0 Å². The van der Waals surface area contributed by atoms with Gasteiger partial charge in [-0.05, 0) is 12.1 Å². The van der Waals surface area contributed by atoms with Gasteiger partial charge in [-0.3, -0.25) is 19.7 Å². The minimum Gasteiger partial charge on any atom is -0.366 e.